The molecule has 0 saturated carbocycles. The maximum atomic E-state index is 12.6. The average molecular weight is 694 g/mol. The number of aromatic nitrogens is 1. The molecule has 2 aromatic carbocycles. The average Bonchev–Trinajstić information content (AvgIpc) is 2.98. The molecule has 0 spiro atoms. The summed E-state index contributed by atoms with van der Waals surface area (Å²) in [4.78, 5) is 18.4. The third-order valence-electron chi connectivity index (χ3n) is 7.88. The van der Waals surface area contributed by atoms with Gasteiger partial charge in [0.25, 0.3) is 10.1 Å². The number of sulfonamides is 1. The zero-order chi connectivity index (χ0) is 34.0. The van der Waals surface area contributed by atoms with Gasteiger partial charge in [0.2, 0.25) is 10.0 Å². The molecule has 0 radical (unpaired) electrons. The largest absolute Gasteiger partial charge is 0.338 e. The molecular formula is C32H44ClN5O6S2. The zero-order valence-corrected chi connectivity index (χ0v) is 29.1. The van der Waals surface area contributed by atoms with E-state index in [1.807, 2.05) is 38.2 Å². The van der Waals surface area contributed by atoms with Crippen LogP contribution in [0.2, 0.25) is 5.02 Å². The van der Waals surface area contributed by atoms with E-state index in [4.69, 9.17) is 16.2 Å². The van der Waals surface area contributed by atoms with Gasteiger partial charge in [-0.25, -0.2) is 17.9 Å². The van der Waals surface area contributed by atoms with Gasteiger partial charge in [0, 0.05) is 55.7 Å². The number of benzene rings is 2. The maximum Gasteiger partial charge on any atom is 0.314 e. The van der Waals surface area contributed by atoms with Gasteiger partial charge in [-0.05, 0) is 92.1 Å². The van der Waals surface area contributed by atoms with Crippen LogP contribution in [0.5, 0.6) is 0 Å². The SMILES string of the molecule is Cc1cnccc1-c1cccc(C(C)(C)N(CCCNS(=O)(=O)CCNC(=O)NCCCS(=O)(=O)O)Cc2cccc(Cl)c2C)c1. The second-order valence-electron chi connectivity index (χ2n) is 11.7. The van der Waals surface area contributed by atoms with Crippen LogP contribution in [-0.4, -0.2) is 75.0 Å². The number of carbonyl (C=O) groups excluding carboxylic acids is 1. The second kappa shape index (κ2) is 16.7. The minimum Gasteiger partial charge on any atom is -0.338 e. The van der Waals surface area contributed by atoms with Gasteiger partial charge in [0.05, 0.1) is 11.5 Å². The smallest absolute Gasteiger partial charge is 0.314 e. The number of pyridine rings is 1. The van der Waals surface area contributed by atoms with E-state index in [2.05, 4.69) is 69.4 Å². The Morgan fingerprint density at radius 2 is 1.67 bits per heavy atom. The molecule has 0 aliphatic carbocycles. The summed E-state index contributed by atoms with van der Waals surface area (Å²) in [7, 11) is -7.77. The Morgan fingerprint density at radius 1 is 0.957 bits per heavy atom. The summed E-state index contributed by atoms with van der Waals surface area (Å²) in [6.45, 7) is 9.66. The Hall–Kier alpha value is -3.07. The van der Waals surface area contributed by atoms with Crippen LogP contribution < -0.4 is 15.4 Å². The molecule has 0 bridgehead atoms. The number of rotatable bonds is 17. The fraction of sp³-hybridized carbons (Fsp3) is 0.438. The van der Waals surface area contributed by atoms with Gasteiger partial charge in [0.15, 0.2) is 0 Å². The first-order valence-electron chi connectivity index (χ1n) is 15.0. The van der Waals surface area contributed by atoms with E-state index < -0.39 is 37.5 Å². The second-order valence-corrected chi connectivity index (χ2v) is 15.6. The number of hydrogen-bond donors (Lipinski definition) is 4. The topological polar surface area (TPSA) is 158 Å². The molecule has 46 heavy (non-hydrogen) atoms. The normalized spacial score (nSPS) is 12.3. The highest BCUT2D eigenvalue weighted by atomic mass is 35.5. The van der Waals surface area contributed by atoms with E-state index in [0.717, 1.165) is 33.4 Å². The van der Waals surface area contributed by atoms with Crippen LogP contribution in [0.15, 0.2) is 60.9 Å². The molecule has 0 atom stereocenters. The van der Waals surface area contributed by atoms with Gasteiger partial charge in [-0.15, -0.1) is 0 Å². The van der Waals surface area contributed by atoms with Crippen molar-refractivity contribution in [1.29, 1.82) is 0 Å². The molecule has 4 N–H and O–H groups in total. The molecule has 252 valence electrons. The summed E-state index contributed by atoms with van der Waals surface area (Å²) in [5, 5.41) is 5.55. The molecule has 3 aromatic rings. The Balaban J connectivity index is 1.64. The van der Waals surface area contributed by atoms with Crippen molar-refractivity contribution in [1.82, 2.24) is 25.2 Å². The Labute approximate surface area is 278 Å². The molecule has 0 fully saturated rings. The number of aryl methyl sites for hydroxylation is 1. The first-order valence-corrected chi connectivity index (χ1v) is 18.7. The Morgan fingerprint density at radius 3 is 2.39 bits per heavy atom. The van der Waals surface area contributed by atoms with E-state index in [1.165, 1.54) is 0 Å². The molecule has 0 aliphatic heterocycles. The quantitative estimate of drug-likeness (QED) is 0.118. The Kier molecular flexibility index (Phi) is 13.5. The molecule has 1 aromatic heterocycles. The van der Waals surface area contributed by atoms with Crippen molar-refractivity contribution in [2.45, 2.75) is 52.6 Å². The summed E-state index contributed by atoms with van der Waals surface area (Å²) in [5.41, 5.74) is 6.07. The van der Waals surface area contributed by atoms with Crippen LogP contribution in [0, 0.1) is 13.8 Å². The number of nitrogens with zero attached hydrogens (tertiary/aromatic N) is 2. The van der Waals surface area contributed by atoms with Gasteiger partial charge in [-0.2, -0.15) is 8.42 Å². The lowest BCUT2D eigenvalue weighted by atomic mass is 9.88. The van der Waals surface area contributed by atoms with Crippen LogP contribution in [0.3, 0.4) is 0 Å². The van der Waals surface area contributed by atoms with Crippen molar-refractivity contribution in [2.75, 3.05) is 37.7 Å². The van der Waals surface area contributed by atoms with Crippen molar-refractivity contribution in [3.63, 3.8) is 0 Å². The minimum absolute atomic E-state index is 0.0197. The third kappa shape index (κ3) is 11.6. The molecule has 1 heterocycles. The van der Waals surface area contributed by atoms with Crippen LogP contribution in [-0.2, 0) is 32.2 Å². The van der Waals surface area contributed by atoms with Gasteiger partial charge >= 0.3 is 6.03 Å². The van der Waals surface area contributed by atoms with Crippen LogP contribution in [0.1, 0.15) is 48.9 Å². The first-order chi connectivity index (χ1) is 21.6. The number of amides is 2. The van der Waals surface area contributed by atoms with Gasteiger partial charge < -0.3 is 10.6 Å². The third-order valence-corrected chi connectivity index (χ3v) is 10.5. The molecule has 11 nitrogen and oxygen atoms in total. The fourth-order valence-corrected chi connectivity index (χ4v) is 6.69. The van der Waals surface area contributed by atoms with Crippen molar-refractivity contribution in [3.8, 4) is 11.1 Å². The number of halogens is 1. The van der Waals surface area contributed by atoms with E-state index in [0.29, 0.717) is 24.5 Å². The van der Waals surface area contributed by atoms with E-state index in [9.17, 15) is 21.6 Å². The molecule has 2 amide bonds. The number of carbonyl (C=O) groups is 1. The van der Waals surface area contributed by atoms with E-state index >= 15 is 0 Å². The zero-order valence-electron chi connectivity index (χ0n) is 26.7. The lowest BCUT2D eigenvalue weighted by molar-refractivity contribution is 0.108. The van der Waals surface area contributed by atoms with Crippen LogP contribution in [0.25, 0.3) is 11.1 Å². The van der Waals surface area contributed by atoms with Crippen molar-refractivity contribution in [3.05, 3.63) is 88.2 Å². The summed E-state index contributed by atoms with van der Waals surface area (Å²) >= 11 is 6.46. The molecule has 0 aliphatic rings. The lowest BCUT2D eigenvalue weighted by Gasteiger charge is -2.40. The summed E-state index contributed by atoms with van der Waals surface area (Å²) in [6, 6.07) is 15.7. The fourth-order valence-electron chi connectivity index (χ4n) is 5.02. The predicted molar refractivity (Wildman–Crippen MR) is 183 cm³/mol. The predicted octanol–water partition coefficient (Wildman–Crippen LogP) is 4.64. The van der Waals surface area contributed by atoms with Gasteiger partial charge in [-0.3, -0.25) is 14.4 Å². The molecule has 0 saturated heterocycles. The number of urea groups is 1. The van der Waals surface area contributed by atoms with Crippen molar-refractivity contribution in [2.24, 2.45) is 0 Å². The molecular weight excluding hydrogens is 650 g/mol. The van der Waals surface area contributed by atoms with Crippen LogP contribution in [0.4, 0.5) is 4.79 Å². The van der Waals surface area contributed by atoms with Gasteiger partial charge in [0.1, 0.15) is 0 Å². The maximum absolute atomic E-state index is 12.6. The highest BCUT2D eigenvalue weighted by Gasteiger charge is 2.29. The highest BCUT2D eigenvalue weighted by molar-refractivity contribution is 7.89. The molecule has 14 heteroatoms. The first kappa shape index (κ1) is 37.4. The minimum atomic E-state index is -4.10. The number of nitrogens with one attached hydrogen (secondary N) is 3. The molecule has 3 rings (SSSR count). The lowest BCUT2D eigenvalue weighted by Crippen LogP contribution is -2.43. The van der Waals surface area contributed by atoms with E-state index in [1.54, 1.807) is 6.20 Å². The highest BCUT2D eigenvalue weighted by Crippen LogP contribution is 2.34. The summed E-state index contributed by atoms with van der Waals surface area (Å²) in [6.07, 6.45) is 4.21. The molecule has 0 unspecified atom stereocenters. The van der Waals surface area contributed by atoms with E-state index in [-0.39, 0.29) is 31.8 Å². The van der Waals surface area contributed by atoms with Crippen LogP contribution >= 0.6 is 11.6 Å². The monoisotopic (exact) mass is 693 g/mol. The standard InChI is InChI=1S/C32H44ClN5O6S2/c1-24-22-34-16-13-29(24)26-9-5-11-28(21-26)32(3,4)38(23-27-10-6-12-30(33)25(27)2)18-7-15-37-45(40,41)20-17-36-31(39)35-14-8-19-46(42,43)44/h5-6,9-13,16,21-22,37H,7-8,14-15,17-20,23H2,1-4H3,(H2,35,36,39)(H,42,43,44). The Bertz CT molecular complexity index is 1700. The van der Waals surface area contributed by atoms with Crippen molar-refractivity contribution >= 4 is 37.8 Å². The summed E-state index contributed by atoms with van der Waals surface area (Å²) in [5.74, 6) is -0.792. The number of hydrogen-bond acceptors (Lipinski definition) is 7. The van der Waals surface area contributed by atoms with Crippen molar-refractivity contribution < 1.29 is 26.2 Å². The summed E-state index contributed by atoms with van der Waals surface area (Å²) < 4.78 is 58.1. The van der Waals surface area contributed by atoms with Gasteiger partial charge in [-0.1, -0.05) is 41.9 Å².